The van der Waals surface area contributed by atoms with Crippen LogP contribution in [0.4, 0.5) is 4.39 Å². The Bertz CT molecular complexity index is 552. The molecule has 0 aliphatic carbocycles. The molecular weight excluding hydrogens is 245 g/mol. The van der Waals surface area contributed by atoms with Crippen molar-refractivity contribution >= 4 is 0 Å². The van der Waals surface area contributed by atoms with Crippen molar-refractivity contribution in [2.24, 2.45) is 0 Å². The zero-order chi connectivity index (χ0) is 13.2. The molecule has 0 saturated carbocycles. The molecule has 1 aliphatic rings. The van der Waals surface area contributed by atoms with E-state index in [2.05, 4.69) is 14.5 Å². The smallest absolute Gasteiger partial charge is 0.123 e. The number of aromatic nitrogens is 2. The average Bonchev–Trinajstić information content (AvgIpc) is 2.87. The van der Waals surface area contributed by atoms with Gasteiger partial charge >= 0.3 is 0 Å². The number of nitrogens with zero attached hydrogens (tertiary/aromatic N) is 3. The van der Waals surface area contributed by atoms with Crippen molar-refractivity contribution in [3.05, 3.63) is 53.9 Å². The van der Waals surface area contributed by atoms with Gasteiger partial charge in [0.15, 0.2) is 0 Å². The molecule has 19 heavy (non-hydrogen) atoms. The second-order valence-corrected chi connectivity index (χ2v) is 4.84. The van der Waals surface area contributed by atoms with Gasteiger partial charge in [0, 0.05) is 32.0 Å². The van der Waals surface area contributed by atoms with Gasteiger partial charge in [0.25, 0.3) is 0 Å². The Morgan fingerprint density at radius 2 is 2.05 bits per heavy atom. The molecule has 2 heterocycles. The zero-order valence-electron chi connectivity index (χ0n) is 10.5. The van der Waals surface area contributed by atoms with Gasteiger partial charge in [-0.25, -0.2) is 9.37 Å². The SMILES string of the molecule is O[C@@H](CN1CCn2ccnc2C1)c1ccc(F)cc1. The normalized spacial score (nSPS) is 17.2. The highest BCUT2D eigenvalue weighted by Crippen LogP contribution is 2.18. The van der Waals surface area contributed by atoms with E-state index < -0.39 is 6.10 Å². The molecule has 5 heteroatoms. The lowest BCUT2D eigenvalue weighted by Crippen LogP contribution is -2.36. The van der Waals surface area contributed by atoms with Crippen LogP contribution in [-0.4, -0.2) is 32.6 Å². The van der Waals surface area contributed by atoms with Crippen molar-refractivity contribution in [3.8, 4) is 0 Å². The van der Waals surface area contributed by atoms with Gasteiger partial charge in [-0.15, -0.1) is 0 Å². The first-order valence-corrected chi connectivity index (χ1v) is 6.38. The number of β-amino-alcohol motifs (C(OH)–C–C–N with tert-alkyl or cyclic N) is 1. The van der Waals surface area contributed by atoms with Gasteiger partial charge in [-0.3, -0.25) is 4.90 Å². The van der Waals surface area contributed by atoms with Gasteiger partial charge in [-0.2, -0.15) is 0 Å². The number of imidazole rings is 1. The van der Waals surface area contributed by atoms with Crippen LogP contribution in [0.25, 0.3) is 0 Å². The van der Waals surface area contributed by atoms with Crippen molar-refractivity contribution in [2.75, 3.05) is 13.1 Å². The maximum atomic E-state index is 12.8. The molecule has 0 bridgehead atoms. The lowest BCUT2D eigenvalue weighted by Gasteiger charge is -2.29. The number of hydrogen-bond acceptors (Lipinski definition) is 3. The third-order valence-corrected chi connectivity index (χ3v) is 3.51. The van der Waals surface area contributed by atoms with Crippen molar-refractivity contribution < 1.29 is 9.50 Å². The molecule has 3 rings (SSSR count). The van der Waals surface area contributed by atoms with E-state index in [-0.39, 0.29) is 5.82 Å². The van der Waals surface area contributed by atoms with Crippen LogP contribution in [0.5, 0.6) is 0 Å². The largest absolute Gasteiger partial charge is 0.387 e. The minimum atomic E-state index is -0.595. The standard InChI is InChI=1S/C14H16FN3O/c15-12-3-1-11(2-4-12)13(19)9-17-7-8-18-6-5-16-14(18)10-17/h1-6,13,19H,7-10H2/t13-/m0/s1. The summed E-state index contributed by atoms with van der Waals surface area (Å²) < 4.78 is 15.0. The Kier molecular flexibility index (Phi) is 3.31. The highest BCUT2D eigenvalue weighted by Gasteiger charge is 2.19. The van der Waals surface area contributed by atoms with Crippen LogP contribution in [0.15, 0.2) is 36.7 Å². The first-order valence-electron chi connectivity index (χ1n) is 6.38. The van der Waals surface area contributed by atoms with Gasteiger partial charge in [0.05, 0.1) is 12.6 Å². The van der Waals surface area contributed by atoms with Crippen molar-refractivity contribution in [1.82, 2.24) is 14.5 Å². The summed E-state index contributed by atoms with van der Waals surface area (Å²) in [4.78, 5) is 6.45. The Morgan fingerprint density at radius 1 is 1.26 bits per heavy atom. The molecular formula is C14H16FN3O. The summed E-state index contributed by atoms with van der Waals surface area (Å²) in [5, 5.41) is 10.2. The number of hydrogen-bond donors (Lipinski definition) is 1. The Balaban J connectivity index is 1.64. The monoisotopic (exact) mass is 261 g/mol. The number of rotatable bonds is 3. The molecule has 1 aromatic heterocycles. The quantitative estimate of drug-likeness (QED) is 0.912. The number of halogens is 1. The van der Waals surface area contributed by atoms with E-state index >= 15 is 0 Å². The fraction of sp³-hybridized carbons (Fsp3) is 0.357. The molecule has 0 saturated heterocycles. The summed E-state index contributed by atoms with van der Waals surface area (Å²) in [5.41, 5.74) is 0.746. The average molecular weight is 261 g/mol. The van der Waals surface area contributed by atoms with E-state index in [1.54, 1.807) is 18.3 Å². The van der Waals surface area contributed by atoms with Crippen molar-refractivity contribution in [1.29, 1.82) is 0 Å². The van der Waals surface area contributed by atoms with Gasteiger partial charge in [-0.1, -0.05) is 12.1 Å². The van der Waals surface area contributed by atoms with Gasteiger partial charge in [-0.05, 0) is 17.7 Å². The van der Waals surface area contributed by atoms with Gasteiger partial charge < -0.3 is 9.67 Å². The highest BCUT2D eigenvalue weighted by atomic mass is 19.1. The Hall–Kier alpha value is -1.72. The zero-order valence-corrected chi connectivity index (χ0v) is 10.5. The third kappa shape index (κ3) is 2.67. The maximum Gasteiger partial charge on any atom is 0.123 e. The summed E-state index contributed by atoms with van der Waals surface area (Å²) in [6.45, 7) is 3.07. The van der Waals surface area contributed by atoms with E-state index in [1.165, 1.54) is 12.1 Å². The molecule has 1 aromatic carbocycles. The minimum Gasteiger partial charge on any atom is -0.387 e. The molecule has 0 spiro atoms. The minimum absolute atomic E-state index is 0.282. The van der Waals surface area contributed by atoms with Crippen molar-refractivity contribution in [3.63, 3.8) is 0 Å². The third-order valence-electron chi connectivity index (χ3n) is 3.51. The predicted molar refractivity (Wildman–Crippen MR) is 68.9 cm³/mol. The first-order chi connectivity index (χ1) is 9.22. The van der Waals surface area contributed by atoms with Crippen LogP contribution in [0.2, 0.25) is 0 Å². The lowest BCUT2D eigenvalue weighted by molar-refractivity contribution is 0.0962. The number of aliphatic hydroxyl groups is 1. The number of benzene rings is 1. The second kappa shape index (κ2) is 5.11. The van der Waals surface area contributed by atoms with Gasteiger partial charge in [0.1, 0.15) is 11.6 Å². The Morgan fingerprint density at radius 3 is 2.84 bits per heavy atom. The summed E-state index contributed by atoms with van der Waals surface area (Å²) in [6.07, 6.45) is 3.18. The van der Waals surface area contributed by atoms with Crippen LogP contribution in [-0.2, 0) is 13.1 Å². The molecule has 4 nitrogen and oxygen atoms in total. The molecule has 0 fully saturated rings. The molecule has 0 radical (unpaired) electrons. The summed E-state index contributed by atoms with van der Waals surface area (Å²) in [7, 11) is 0. The van der Waals surface area contributed by atoms with Crippen LogP contribution in [0, 0.1) is 5.82 Å². The second-order valence-electron chi connectivity index (χ2n) is 4.84. The predicted octanol–water partition coefficient (Wildman–Crippen LogP) is 1.57. The van der Waals surface area contributed by atoms with E-state index in [4.69, 9.17) is 0 Å². The van der Waals surface area contributed by atoms with E-state index in [9.17, 15) is 9.50 Å². The molecule has 0 amide bonds. The fourth-order valence-corrected chi connectivity index (χ4v) is 2.41. The molecule has 100 valence electrons. The van der Waals surface area contributed by atoms with Crippen LogP contribution >= 0.6 is 0 Å². The molecule has 1 N–H and O–H groups in total. The topological polar surface area (TPSA) is 41.3 Å². The van der Waals surface area contributed by atoms with Crippen molar-refractivity contribution in [2.45, 2.75) is 19.2 Å². The summed E-state index contributed by atoms with van der Waals surface area (Å²) >= 11 is 0. The van der Waals surface area contributed by atoms with Crippen LogP contribution in [0.3, 0.4) is 0 Å². The Labute approximate surface area is 111 Å². The maximum absolute atomic E-state index is 12.8. The summed E-state index contributed by atoms with van der Waals surface area (Å²) in [6, 6.07) is 6.01. The highest BCUT2D eigenvalue weighted by molar-refractivity contribution is 5.18. The molecule has 0 unspecified atom stereocenters. The lowest BCUT2D eigenvalue weighted by atomic mass is 10.1. The molecule has 1 aliphatic heterocycles. The van der Waals surface area contributed by atoms with Crippen LogP contribution in [0.1, 0.15) is 17.5 Å². The fourth-order valence-electron chi connectivity index (χ4n) is 2.41. The van der Waals surface area contributed by atoms with E-state index in [1.807, 2.05) is 6.20 Å². The number of aliphatic hydroxyl groups excluding tert-OH is 1. The first kappa shape index (κ1) is 12.3. The molecule has 1 atom stereocenters. The number of fused-ring (bicyclic) bond motifs is 1. The van der Waals surface area contributed by atoms with Gasteiger partial charge in [0.2, 0.25) is 0 Å². The summed E-state index contributed by atoms with van der Waals surface area (Å²) in [5.74, 6) is 0.744. The molecule has 2 aromatic rings. The van der Waals surface area contributed by atoms with E-state index in [0.717, 1.165) is 31.0 Å². The van der Waals surface area contributed by atoms with E-state index in [0.29, 0.717) is 6.54 Å². The van der Waals surface area contributed by atoms with Crippen LogP contribution < -0.4 is 0 Å².